The van der Waals surface area contributed by atoms with Crippen molar-refractivity contribution in [1.82, 2.24) is 25.4 Å². The summed E-state index contributed by atoms with van der Waals surface area (Å²) in [7, 11) is 1.63. The molecule has 0 radical (unpaired) electrons. The maximum atomic E-state index is 12.3. The molecule has 0 spiro atoms. The molecule has 1 aromatic carbocycles. The highest BCUT2D eigenvalue weighted by atomic mass is 16.5. The van der Waals surface area contributed by atoms with E-state index in [1.54, 1.807) is 25.4 Å². The third-order valence-electron chi connectivity index (χ3n) is 4.26. The van der Waals surface area contributed by atoms with Gasteiger partial charge in [-0.1, -0.05) is 12.1 Å². The maximum absolute atomic E-state index is 12.3. The number of methoxy groups -OCH3 is 1. The Labute approximate surface area is 143 Å². The molecule has 4 rings (SSSR count). The fraction of sp³-hybridized carbons (Fsp3) is 0.294. The molecule has 0 saturated heterocycles. The van der Waals surface area contributed by atoms with Gasteiger partial charge < -0.3 is 14.8 Å². The van der Waals surface area contributed by atoms with Crippen LogP contribution in [0.1, 0.15) is 15.9 Å². The van der Waals surface area contributed by atoms with Gasteiger partial charge in [0.05, 0.1) is 13.7 Å². The van der Waals surface area contributed by atoms with Crippen molar-refractivity contribution >= 4 is 11.6 Å². The van der Waals surface area contributed by atoms with Crippen molar-refractivity contribution in [3.63, 3.8) is 0 Å². The molecule has 8 nitrogen and oxygen atoms in total. The molecule has 1 atom stereocenters. The lowest BCUT2D eigenvalue weighted by Gasteiger charge is -2.26. The van der Waals surface area contributed by atoms with Crippen molar-refractivity contribution in [1.29, 1.82) is 0 Å². The zero-order valence-corrected chi connectivity index (χ0v) is 13.7. The predicted molar refractivity (Wildman–Crippen MR) is 88.8 cm³/mol. The van der Waals surface area contributed by atoms with Crippen LogP contribution in [0.2, 0.25) is 0 Å². The molecule has 3 heterocycles. The van der Waals surface area contributed by atoms with Crippen LogP contribution in [0.5, 0.6) is 11.5 Å². The van der Waals surface area contributed by atoms with Gasteiger partial charge in [-0.2, -0.15) is 0 Å². The molecule has 0 saturated carbocycles. The molecule has 1 unspecified atom stereocenters. The number of carbonyl (C=O) groups excluding carboxylic acids is 1. The second kappa shape index (κ2) is 6.39. The van der Waals surface area contributed by atoms with Crippen LogP contribution >= 0.6 is 0 Å². The molecule has 0 fully saturated rings. The fourth-order valence-corrected chi connectivity index (χ4v) is 2.97. The van der Waals surface area contributed by atoms with Gasteiger partial charge in [0.25, 0.3) is 5.91 Å². The Morgan fingerprint density at radius 1 is 1.44 bits per heavy atom. The van der Waals surface area contributed by atoms with Gasteiger partial charge in [0.2, 0.25) is 0 Å². The fourth-order valence-electron chi connectivity index (χ4n) is 2.97. The van der Waals surface area contributed by atoms with E-state index in [1.165, 1.54) is 4.52 Å². The third kappa shape index (κ3) is 2.98. The number of ether oxygens (including phenoxy) is 2. The van der Waals surface area contributed by atoms with Gasteiger partial charge in [-0.3, -0.25) is 4.79 Å². The van der Waals surface area contributed by atoms with Crippen LogP contribution in [0, 0.1) is 5.92 Å². The number of pyridine rings is 1. The number of nitrogens with one attached hydrogen (secondary N) is 1. The van der Waals surface area contributed by atoms with Crippen molar-refractivity contribution in [3.05, 3.63) is 47.7 Å². The van der Waals surface area contributed by atoms with Crippen LogP contribution in [0.25, 0.3) is 5.65 Å². The average Bonchev–Trinajstić information content (AvgIpc) is 3.13. The summed E-state index contributed by atoms with van der Waals surface area (Å²) in [6, 6.07) is 9.21. The summed E-state index contributed by atoms with van der Waals surface area (Å²) in [5.74, 6) is 1.61. The number of hydrogen-bond donors (Lipinski definition) is 1. The maximum Gasteiger partial charge on any atom is 0.251 e. The number of amides is 1. The van der Waals surface area contributed by atoms with E-state index in [9.17, 15) is 4.79 Å². The highest BCUT2D eigenvalue weighted by molar-refractivity contribution is 5.94. The van der Waals surface area contributed by atoms with E-state index in [0.717, 1.165) is 23.5 Å². The summed E-state index contributed by atoms with van der Waals surface area (Å²) in [5, 5.41) is 14.1. The van der Waals surface area contributed by atoms with Gasteiger partial charge in [0.15, 0.2) is 17.1 Å². The van der Waals surface area contributed by atoms with Crippen LogP contribution < -0.4 is 14.8 Å². The lowest BCUT2D eigenvalue weighted by Crippen LogP contribution is -2.34. The molecule has 0 aliphatic carbocycles. The first-order valence-electron chi connectivity index (χ1n) is 7.99. The number of para-hydroxylation sites is 1. The summed E-state index contributed by atoms with van der Waals surface area (Å²) in [4.78, 5) is 12.3. The first-order chi connectivity index (χ1) is 12.2. The second-order valence-corrected chi connectivity index (χ2v) is 5.94. The Hall–Kier alpha value is -3.16. The Kier molecular flexibility index (Phi) is 3.93. The van der Waals surface area contributed by atoms with Gasteiger partial charge in [-0.05, 0) is 40.6 Å². The predicted octanol–water partition coefficient (Wildman–Crippen LogP) is 1.11. The topological polar surface area (TPSA) is 90.6 Å². The largest absolute Gasteiger partial charge is 0.493 e. The SMILES string of the molecule is COc1cccc2c1OCC(CNC(=O)c1ccn3nnnc3c1)C2. The summed E-state index contributed by atoms with van der Waals surface area (Å²) >= 11 is 0. The number of carbonyl (C=O) groups is 1. The molecule has 2 aromatic heterocycles. The van der Waals surface area contributed by atoms with Gasteiger partial charge in [-0.25, -0.2) is 4.52 Å². The molecular formula is C17H17N5O3. The number of benzene rings is 1. The quantitative estimate of drug-likeness (QED) is 0.766. The van der Waals surface area contributed by atoms with E-state index < -0.39 is 0 Å². The summed E-state index contributed by atoms with van der Waals surface area (Å²) in [5.41, 5.74) is 2.16. The molecular weight excluding hydrogens is 322 g/mol. The van der Waals surface area contributed by atoms with E-state index in [0.29, 0.717) is 24.4 Å². The van der Waals surface area contributed by atoms with Crippen molar-refractivity contribution in [2.75, 3.05) is 20.3 Å². The van der Waals surface area contributed by atoms with Crippen LogP contribution in [0.15, 0.2) is 36.5 Å². The van der Waals surface area contributed by atoms with Crippen molar-refractivity contribution in [2.45, 2.75) is 6.42 Å². The van der Waals surface area contributed by atoms with E-state index in [-0.39, 0.29) is 11.8 Å². The molecule has 1 aliphatic heterocycles. The smallest absolute Gasteiger partial charge is 0.251 e. The lowest BCUT2D eigenvalue weighted by atomic mass is 9.96. The van der Waals surface area contributed by atoms with Crippen molar-refractivity contribution < 1.29 is 14.3 Å². The molecule has 25 heavy (non-hydrogen) atoms. The molecule has 1 amide bonds. The molecule has 3 aromatic rings. The monoisotopic (exact) mass is 339 g/mol. The van der Waals surface area contributed by atoms with Crippen LogP contribution in [-0.4, -0.2) is 46.2 Å². The molecule has 1 N–H and O–H groups in total. The summed E-state index contributed by atoms with van der Waals surface area (Å²) in [6.07, 6.45) is 2.50. The first kappa shape index (κ1) is 15.4. The second-order valence-electron chi connectivity index (χ2n) is 5.94. The zero-order valence-electron chi connectivity index (χ0n) is 13.7. The average molecular weight is 339 g/mol. The Morgan fingerprint density at radius 3 is 3.24 bits per heavy atom. The molecule has 8 heteroatoms. The van der Waals surface area contributed by atoms with E-state index in [2.05, 4.69) is 20.8 Å². The minimum absolute atomic E-state index is 0.151. The highest BCUT2D eigenvalue weighted by Crippen LogP contribution is 2.35. The van der Waals surface area contributed by atoms with Crippen LogP contribution in [0.3, 0.4) is 0 Å². The Morgan fingerprint density at radius 2 is 2.36 bits per heavy atom. The van der Waals surface area contributed by atoms with Gasteiger partial charge in [0, 0.05) is 24.2 Å². The number of aromatic nitrogens is 4. The number of nitrogens with zero attached hydrogens (tertiary/aromatic N) is 4. The summed E-state index contributed by atoms with van der Waals surface area (Å²) in [6.45, 7) is 1.08. The minimum atomic E-state index is -0.151. The van der Waals surface area contributed by atoms with Crippen molar-refractivity contribution in [2.24, 2.45) is 5.92 Å². The lowest BCUT2D eigenvalue weighted by molar-refractivity contribution is 0.0938. The Bertz CT molecular complexity index is 924. The van der Waals surface area contributed by atoms with Crippen LogP contribution in [0.4, 0.5) is 0 Å². The highest BCUT2D eigenvalue weighted by Gasteiger charge is 2.23. The van der Waals surface area contributed by atoms with Gasteiger partial charge >= 0.3 is 0 Å². The number of hydrogen-bond acceptors (Lipinski definition) is 6. The zero-order chi connectivity index (χ0) is 17.2. The van der Waals surface area contributed by atoms with E-state index >= 15 is 0 Å². The minimum Gasteiger partial charge on any atom is -0.493 e. The van der Waals surface area contributed by atoms with Gasteiger partial charge in [0.1, 0.15) is 0 Å². The summed E-state index contributed by atoms with van der Waals surface area (Å²) < 4.78 is 12.7. The van der Waals surface area contributed by atoms with Crippen LogP contribution in [-0.2, 0) is 6.42 Å². The standard InChI is InChI=1S/C17H17N5O3/c1-24-14-4-2-3-12-7-11(10-25-16(12)14)9-18-17(23)13-5-6-22-15(8-13)19-20-21-22/h2-6,8,11H,7,9-10H2,1H3,(H,18,23). The van der Waals surface area contributed by atoms with E-state index in [1.807, 2.05) is 18.2 Å². The molecule has 0 bridgehead atoms. The Balaban J connectivity index is 1.40. The van der Waals surface area contributed by atoms with Crippen molar-refractivity contribution in [3.8, 4) is 11.5 Å². The molecule has 128 valence electrons. The van der Waals surface area contributed by atoms with Gasteiger partial charge in [-0.15, -0.1) is 5.10 Å². The number of rotatable bonds is 4. The number of tetrazole rings is 1. The van der Waals surface area contributed by atoms with E-state index in [4.69, 9.17) is 9.47 Å². The number of fused-ring (bicyclic) bond motifs is 2. The normalized spacial score (nSPS) is 16.1. The third-order valence-corrected chi connectivity index (χ3v) is 4.26. The first-order valence-corrected chi connectivity index (χ1v) is 7.99. The molecule has 1 aliphatic rings.